The molecule has 0 atom stereocenters. The van der Waals surface area contributed by atoms with Gasteiger partial charge in [-0.25, -0.2) is 0 Å². The number of alkyl halides is 6. The maximum Gasteiger partial charge on any atom is 0.418 e. The van der Waals surface area contributed by atoms with Gasteiger partial charge in [-0.3, -0.25) is 4.98 Å². The monoisotopic (exact) mass is 447 g/mol. The molecule has 0 aliphatic carbocycles. The summed E-state index contributed by atoms with van der Waals surface area (Å²) in [6, 6.07) is 15.6. The molecule has 8 heteroatoms. The molecule has 0 amide bonds. The lowest BCUT2D eigenvalue weighted by atomic mass is 10.1. The highest BCUT2D eigenvalue weighted by Gasteiger charge is 2.32. The Bertz CT molecular complexity index is 859. The van der Waals surface area contributed by atoms with Crippen LogP contribution < -0.4 is 0 Å². The van der Waals surface area contributed by atoms with Gasteiger partial charge in [0.05, 0.1) is 11.1 Å². The van der Waals surface area contributed by atoms with E-state index in [2.05, 4.69) is 4.98 Å². The zero-order chi connectivity index (χ0) is 22.9. The summed E-state index contributed by atoms with van der Waals surface area (Å²) in [7, 11) is 0. The van der Waals surface area contributed by atoms with Gasteiger partial charge < -0.3 is 0 Å². The molecule has 30 heavy (non-hydrogen) atoms. The predicted molar refractivity (Wildman–Crippen MR) is 106 cm³/mol. The van der Waals surface area contributed by atoms with E-state index in [9.17, 15) is 26.3 Å². The Morgan fingerprint density at radius 3 is 1.43 bits per heavy atom. The van der Waals surface area contributed by atoms with Gasteiger partial charge in [-0.05, 0) is 56.2 Å². The van der Waals surface area contributed by atoms with Crippen LogP contribution in [-0.4, -0.2) is 4.98 Å². The topological polar surface area (TPSA) is 12.9 Å². The van der Waals surface area contributed by atoms with Crippen LogP contribution >= 0.6 is 11.6 Å². The fourth-order valence-electron chi connectivity index (χ4n) is 2.23. The Balaban J connectivity index is 0.000000228. The molecule has 0 aliphatic rings. The summed E-state index contributed by atoms with van der Waals surface area (Å²) < 4.78 is 72.2. The Morgan fingerprint density at radius 2 is 1.10 bits per heavy atom. The van der Waals surface area contributed by atoms with Crippen LogP contribution in [0.25, 0.3) is 0 Å². The minimum atomic E-state index is -4.28. The Labute approximate surface area is 176 Å². The van der Waals surface area contributed by atoms with E-state index in [1.54, 1.807) is 6.07 Å². The minimum Gasteiger partial charge on any atom is -0.261 e. The van der Waals surface area contributed by atoms with E-state index in [-0.39, 0.29) is 11.3 Å². The summed E-state index contributed by atoms with van der Waals surface area (Å²) in [6.45, 7) is 4.77. The van der Waals surface area contributed by atoms with Crippen LogP contribution in [0.15, 0.2) is 66.9 Å². The van der Waals surface area contributed by atoms with Crippen molar-refractivity contribution in [2.45, 2.75) is 33.1 Å². The van der Waals surface area contributed by atoms with E-state index in [0.29, 0.717) is 0 Å². The fourth-order valence-corrected chi connectivity index (χ4v) is 2.36. The van der Waals surface area contributed by atoms with Gasteiger partial charge in [0.25, 0.3) is 0 Å². The van der Waals surface area contributed by atoms with Crippen molar-refractivity contribution in [3.63, 3.8) is 0 Å². The Kier molecular flexibility index (Phi) is 9.36. The zero-order valence-electron chi connectivity index (χ0n) is 16.4. The summed E-state index contributed by atoms with van der Waals surface area (Å²) in [6.07, 6.45) is -7.16. The van der Waals surface area contributed by atoms with E-state index in [0.717, 1.165) is 22.7 Å². The molecule has 0 N–H and O–H groups in total. The minimum absolute atomic E-state index is 0.0139. The van der Waals surface area contributed by atoms with Crippen molar-refractivity contribution in [3.8, 4) is 0 Å². The standard InChI is InChI=1S/C8H7F3.C7H7Cl.C7H6F3N/c1-6-4-2-3-5-7(6)8(9,10)11;1-6-4-2-3-5-7(6)8;1-5-6(7(8,9)10)3-2-4-11-5/h2-5H,1H3;2-5H,1H3;2-4H,1H3. The van der Waals surface area contributed by atoms with Gasteiger partial charge in [0.15, 0.2) is 0 Å². The number of benzene rings is 2. The predicted octanol–water partition coefficient (Wildman–Crippen LogP) is 8.07. The van der Waals surface area contributed by atoms with Gasteiger partial charge in [-0.1, -0.05) is 48.0 Å². The molecule has 0 unspecified atom stereocenters. The number of aromatic nitrogens is 1. The van der Waals surface area contributed by atoms with Gasteiger partial charge in [0, 0.05) is 16.9 Å². The molecule has 0 bridgehead atoms. The molecule has 0 saturated heterocycles. The van der Waals surface area contributed by atoms with Crippen LogP contribution in [0.1, 0.15) is 27.9 Å². The molecular formula is C22H20ClF6N. The first kappa shape index (κ1) is 25.5. The SMILES string of the molecule is Cc1ccccc1C(F)(F)F.Cc1ccccc1Cl.Cc1ncccc1C(F)(F)F. The van der Waals surface area contributed by atoms with Crippen LogP contribution in [-0.2, 0) is 12.4 Å². The largest absolute Gasteiger partial charge is 0.418 e. The van der Waals surface area contributed by atoms with Crippen molar-refractivity contribution >= 4 is 11.6 Å². The van der Waals surface area contributed by atoms with Gasteiger partial charge in [-0.2, -0.15) is 26.3 Å². The molecule has 0 saturated carbocycles. The lowest BCUT2D eigenvalue weighted by molar-refractivity contribution is -0.139. The summed E-state index contributed by atoms with van der Waals surface area (Å²) >= 11 is 5.71. The number of rotatable bonds is 0. The second-order valence-corrected chi connectivity index (χ2v) is 6.60. The zero-order valence-corrected chi connectivity index (χ0v) is 17.2. The summed E-state index contributed by atoms with van der Waals surface area (Å²) in [5, 5.41) is 0.840. The molecule has 0 aliphatic heterocycles. The highest BCUT2D eigenvalue weighted by molar-refractivity contribution is 6.31. The fraction of sp³-hybridized carbons (Fsp3) is 0.227. The van der Waals surface area contributed by atoms with Gasteiger partial charge in [-0.15, -0.1) is 0 Å². The first-order valence-corrected chi connectivity index (χ1v) is 9.04. The van der Waals surface area contributed by atoms with Crippen molar-refractivity contribution in [2.75, 3.05) is 0 Å². The van der Waals surface area contributed by atoms with Gasteiger partial charge >= 0.3 is 12.4 Å². The van der Waals surface area contributed by atoms with E-state index < -0.39 is 23.5 Å². The number of halogens is 7. The molecular weight excluding hydrogens is 428 g/mol. The number of aryl methyl sites for hydroxylation is 3. The molecule has 1 nitrogen and oxygen atoms in total. The van der Waals surface area contributed by atoms with Crippen LogP contribution in [0.2, 0.25) is 5.02 Å². The van der Waals surface area contributed by atoms with E-state index in [1.807, 2.05) is 31.2 Å². The maximum absolute atomic E-state index is 12.0. The van der Waals surface area contributed by atoms with Gasteiger partial charge in [0.1, 0.15) is 0 Å². The Morgan fingerprint density at radius 1 is 0.633 bits per heavy atom. The molecule has 2 aromatic carbocycles. The summed E-state index contributed by atoms with van der Waals surface area (Å²) in [5.41, 5.74) is 0.189. The first-order valence-electron chi connectivity index (χ1n) is 8.66. The lowest BCUT2D eigenvalue weighted by Gasteiger charge is -2.08. The molecule has 0 spiro atoms. The van der Waals surface area contributed by atoms with Gasteiger partial charge in [0.2, 0.25) is 0 Å². The molecule has 3 aromatic rings. The van der Waals surface area contributed by atoms with E-state index in [1.165, 1.54) is 38.2 Å². The smallest absolute Gasteiger partial charge is 0.261 e. The summed E-state index contributed by atoms with van der Waals surface area (Å²) in [4.78, 5) is 3.53. The summed E-state index contributed by atoms with van der Waals surface area (Å²) in [5.74, 6) is 0. The highest BCUT2D eigenvalue weighted by Crippen LogP contribution is 2.31. The lowest BCUT2D eigenvalue weighted by Crippen LogP contribution is -2.07. The van der Waals surface area contributed by atoms with Crippen LogP contribution in [0, 0.1) is 20.8 Å². The van der Waals surface area contributed by atoms with Crippen molar-refractivity contribution in [3.05, 3.63) is 99.8 Å². The van der Waals surface area contributed by atoms with E-state index >= 15 is 0 Å². The van der Waals surface area contributed by atoms with Crippen molar-refractivity contribution in [1.29, 1.82) is 0 Å². The van der Waals surface area contributed by atoms with Crippen LogP contribution in [0.3, 0.4) is 0 Å². The highest BCUT2D eigenvalue weighted by atomic mass is 35.5. The van der Waals surface area contributed by atoms with Crippen molar-refractivity contribution in [2.24, 2.45) is 0 Å². The van der Waals surface area contributed by atoms with Crippen molar-refractivity contribution in [1.82, 2.24) is 4.98 Å². The third-order valence-corrected chi connectivity index (χ3v) is 4.26. The van der Waals surface area contributed by atoms with Crippen LogP contribution in [0.5, 0.6) is 0 Å². The normalized spacial score (nSPS) is 11.0. The van der Waals surface area contributed by atoms with Crippen LogP contribution in [0.4, 0.5) is 26.3 Å². The second-order valence-electron chi connectivity index (χ2n) is 6.20. The Hall–Kier alpha value is -2.54. The molecule has 1 aromatic heterocycles. The molecule has 0 radical (unpaired) electrons. The maximum atomic E-state index is 12.0. The number of nitrogens with zero attached hydrogens (tertiary/aromatic N) is 1. The number of hydrogen-bond acceptors (Lipinski definition) is 1. The number of hydrogen-bond donors (Lipinski definition) is 0. The third-order valence-electron chi connectivity index (χ3n) is 3.84. The second kappa shape index (κ2) is 11.0. The average molecular weight is 448 g/mol. The molecule has 3 rings (SSSR count). The molecule has 0 fully saturated rings. The molecule has 1 heterocycles. The third kappa shape index (κ3) is 8.45. The first-order chi connectivity index (χ1) is 13.8. The van der Waals surface area contributed by atoms with Crippen molar-refractivity contribution < 1.29 is 26.3 Å². The molecule has 162 valence electrons. The average Bonchev–Trinajstić information content (AvgIpc) is 2.64. The van der Waals surface area contributed by atoms with E-state index in [4.69, 9.17) is 11.6 Å². The number of pyridine rings is 1. The quantitative estimate of drug-likeness (QED) is 0.317.